The van der Waals surface area contributed by atoms with Gasteiger partial charge in [0.1, 0.15) is 5.75 Å². The van der Waals surface area contributed by atoms with E-state index in [0.717, 1.165) is 6.07 Å². The number of halogens is 1. The maximum absolute atomic E-state index is 12.0. The third-order valence-corrected chi connectivity index (χ3v) is 3.64. The van der Waals surface area contributed by atoms with Crippen molar-refractivity contribution in [2.45, 2.75) is 0 Å². The summed E-state index contributed by atoms with van der Waals surface area (Å²) in [6, 6.07) is 10.2. The summed E-state index contributed by atoms with van der Waals surface area (Å²) in [5.41, 5.74) is 7.87. The van der Waals surface area contributed by atoms with E-state index in [2.05, 4.69) is 26.5 Å². The van der Waals surface area contributed by atoms with E-state index >= 15 is 0 Å². The van der Waals surface area contributed by atoms with Crippen molar-refractivity contribution in [3.63, 3.8) is 0 Å². The van der Waals surface area contributed by atoms with Gasteiger partial charge in [0.2, 0.25) is 0 Å². The van der Waals surface area contributed by atoms with Crippen LogP contribution in [0.5, 0.6) is 5.75 Å². The lowest BCUT2D eigenvalue weighted by atomic mass is 10.2. The Kier molecular flexibility index (Phi) is 6.39. The van der Waals surface area contributed by atoms with Crippen LogP contribution in [0.3, 0.4) is 0 Å². The second kappa shape index (κ2) is 8.72. The van der Waals surface area contributed by atoms with Crippen LogP contribution in [0.1, 0.15) is 15.9 Å². The Labute approximate surface area is 156 Å². The summed E-state index contributed by atoms with van der Waals surface area (Å²) < 4.78 is 5.77. The van der Waals surface area contributed by atoms with Crippen molar-refractivity contribution in [1.82, 2.24) is 5.43 Å². The van der Waals surface area contributed by atoms with Crippen molar-refractivity contribution in [3.05, 3.63) is 68.2 Å². The average molecular weight is 421 g/mol. The first-order valence-electron chi connectivity index (χ1n) is 7.15. The van der Waals surface area contributed by atoms with Crippen molar-refractivity contribution in [2.24, 2.45) is 10.8 Å². The molecule has 3 N–H and O–H groups in total. The minimum atomic E-state index is -0.591. The summed E-state index contributed by atoms with van der Waals surface area (Å²) in [7, 11) is 0. The zero-order valence-corrected chi connectivity index (χ0v) is 14.8. The van der Waals surface area contributed by atoms with Gasteiger partial charge in [-0.1, -0.05) is 6.07 Å². The summed E-state index contributed by atoms with van der Waals surface area (Å²) in [5, 5.41) is 14.5. The van der Waals surface area contributed by atoms with Crippen molar-refractivity contribution in [1.29, 1.82) is 0 Å². The number of benzene rings is 2. The molecule has 0 fully saturated rings. The molecule has 0 saturated heterocycles. The Morgan fingerprint density at radius 3 is 2.73 bits per heavy atom. The van der Waals surface area contributed by atoms with Gasteiger partial charge in [-0.15, -0.1) is 0 Å². The van der Waals surface area contributed by atoms with Crippen molar-refractivity contribution < 1.29 is 19.2 Å². The quantitative estimate of drug-likeness (QED) is 0.400. The number of non-ortho nitro benzene ring substituents is 1. The highest BCUT2D eigenvalue weighted by Gasteiger charge is 2.10. The van der Waals surface area contributed by atoms with Crippen LogP contribution in [0, 0.1) is 10.1 Å². The van der Waals surface area contributed by atoms with Crippen molar-refractivity contribution in [2.75, 3.05) is 6.61 Å². The number of ether oxygens (including phenoxy) is 1. The first kappa shape index (κ1) is 19.1. The highest BCUT2D eigenvalue weighted by molar-refractivity contribution is 9.10. The number of amides is 2. The number of nitro benzene ring substituents is 1. The second-order valence-electron chi connectivity index (χ2n) is 4.95. The Bertz CT molecular complexity index is 885. The average Bonchev–Trinajstić information content (AvgIpc) is 2.60. The minimum absolute atomic E-state index is 0.118. The molecule has 134 valence electrons. The molecule has 10 heteroatoms. The summed E-state index contributed by atoms with van der Waals surface area (Å²) in [5.74, 6) is -0.738. The largest absolute Gasteiger partial charge is 0.483 e. The molecule has 2 aromatic carbocycles. The van der Waals surface area contributed by atoms with E-state index in [1.807, 2.05) is 0 Å². The normalized spacial score (nSPS) is 10.5. The molecule has 0 atom stereocenters. The maximum atomic E-state index is 12.0. The van der Waals surface area contributed by atoms with Crippen molar-refractivity contribution in [3.8, 4) is 5.75 Å². The number of carbonyl (C=O) groups is 2. The highest BCUT2D eigenvalue weighted by Crippen LogP contribution is 2.25. The van der Waals surface area contributed by atoms with Gasteiger partial charge >= 0.3 is 0 Å². The number of nitro groups is 1. The van der Waals surface area contributed by atoms with E-state index in [1.165, 1.54) is 24.4 Å². The number of primary amides is 1. The van der Waals surface area contributed by atoms with Crippen LogP contribution < -0.4 is 15.9 Å². The molecule has 0 aliphatic carbocycles. The molecule has 0 unspecified atom stereocenters. The topological polar surface area (TPSA) is 137 Å². The van der Waals surface area contributed by atoms with Crippen LogP contribution in [0.15, 0.2) is 52.0 Å². The molecular formula is C16H13BrN4O5. The molecule has 0 aliphatic rings. The monoisotopic (exact) mass is 420 g/mol. The molecule has 2 amide bonds. The Morgan fingerprint density at radius 2 is 2.08 bits per heavy atom. The van der Waals surface area contributed by atoms with Gasteiger partial charge < -0.3 is 10.5 Å². The molecule has 2 rings (SSSR count). The molecule has 0 aromatic heterocycles. The van der Waals surface area contributed by atoms with Gasteiger partial charge in [-0.25, -0.2) is 5.43 Å². The zero-order chi connectivity index (χ0) is 19.1. The van der Waals surface area contributed by atoms with Gasteiger partial charge in [-0.3, -0.25) is 19.7 Å². The van der Waals surface area contributed by atoms with E-state index in [1.54, 1.807) is 18.2 Å². The fourth-order valence-corrected chi connectivity index (χ4v) is 2.36. The first-order chi connectivity index (χ1) is 12.4. The van der Waals surface area contributed by atoms with E-state index in [0.29, 0.717) is 15.8 Å². The number of hydrazone groups is 1. The van der Waals surface area contributed by atoms with Gasteiger partial charge in [0.05, 0.1) is 15.6 Å². The van der Waals surface area contributed by atoms with E-state index in [-0.39, 0.29) is 17.9 Å². The third-order valence-electron chi connectivity index (χ3n) is 3.02. The Hall–Kier alpha value is -3.27. The number of hydrogen-bond acceptors (Lipinski definition) is 6. The number of nitrogens with one attached hydrogen (secondary N) is 1. The van der Waals surface area contributed by atoms with E-state index < -0.39 is 16.7 Å². The van der Waals surface area contributed by atoms with Gasteiger partial charge in [0, 0.05) is 17.7 Å². The van der Waals surface area contributed by atoms with Gasteiger partial charge in [0.15, 0.2) is 6.61 Å². The molecule has 0 spiro atoms. The van der Waals surface area contributed by atoms with Crippen LogP contribution >= 0.6 is 15.9 Å². The number of hydrogen-bond donors (Lipinski definition) is 2. The van der Waals surface area contributed by atoms with Gasteiger partial charge in [-0.2, -0.15) is 5.10 Å². The predicted octanol–water partition coefficient (Wildman–Crippen LogP) is 1.99. The maximum Gasteiger partial charge on any atom is 0.271 e. The highest BCUT2D eigenvalue weighted by atomic mass is 79.9. The predicted molar refractivity (Wildman–Crippen MR) is 97.0 cm³/mol. The Morgan fingerprint density at radius 1 is 1.31 bits per heavy atom. The SMILES string of the molecule is NC(=O)COc1ccc(/C=N\NC(=O)c2cccc([N+](=O)[O-])c2)cc1Br. The lowest BCUT2D eigenvalue weighted by Gasteiger charge is -2.06. The molecule has 0 aliphatic heterocycles. The molecule has 9 nitrogen and oxygen atoms in total. The number of carbonyl (C=O) groups excluding carboxylic acids is 2. The number of rotatable bonds is 7. The minimum Gasteiger partial charge on any atom is -0.483 e. The molecule has 2 aromatic rings. The van der Waals surface area contributed by atoms with Gasteiger partial charge in [0.25, 0.3) is 17.5 Å². The van der Waals surface area contributed by atoms with Crippen LogP contribution in [-0.4, -0.2) is 29.6 Å². The third kappa shape index (κ3) is 5.38. The summed E-state index contributed by atoms with van der Waals surface area (Å²) >= 11 is 3.29. The zero-order valence-electron chi connectivity index (χ0n) is 13.2. The molecule has 0 radical (unpaired) electrons. The Balaban J connectivity index is 2.00. The standard InChI is InChI=1S/C16H13BrN4O5/c17-13-6-10(4-5-14(13)26-9-15(18)22)8-19-20-16(23)11-2-1-3-12(7-11)21(24)25/h1-8H,9H2,(H2,18,22)(H,20,23)/b19-8-. The van der Waals surface area contributed by atoms with E-state index in [9.17, 15) is 19.7 Å². The smallest absolute Gasteiger partial charge is 0.271 e. The number of nitrogens with two attached hydrogens (primary N) is 1. The number of nitrogens with zero attached hydrogens (tertiary/aromatic N) is 2. The van der Waals surface area contributed by atoms with Crippen LogP contribution in [0.4, 0.5) is 5.69 Å². The van der Waals surface area contributed by atoms with Crippen LogP contribution in [-0.2, 0) is 4.79 Å². The van der Waals surface area contributed by atoms with Gasteiger partial charge in [-0.05, 0) is 45.8 Å². The first-order valence-corrected chi connectivity index (χ1v) is 7.94. The second-order valence-corrected chi connectivity index (χ2v) is 5.81. The van der Waals surface area contributed by atoms with Crippen molar-refractivity contribution >= 4 is 39.6 Å². The summed E-state index contributed by atoms with van der Waals surface area (Å²) in [4.78, 5) is 32.8. The van der Waals surface area contributed by atoms with Crippen LogP contribution in [0.25, 0.3) is 0 Å². The fraction of sp³-hybridized carbons (Fsp3) is 0.0625. The van der Waals surface area contributed by atoms with E-state index in [4.69, 9.17) is 10.5 Å². The van der Waals surface area contributed by atoms with Crippen LogP contribution in [0.2, 0.25) is 0 Å². The molecule has 0 bridgehead atoms. The lowest BCUT2D eigenvalue weighted by molar-refractivity contribution is -0.384. The molecule has 0 heterocycles. The lowest BCUT2D eigenvalue weighted by Crippen LogP contribution is -2.20. The molecular weight excluding hydrogens is 408 g/mol. The molecule has 0 saturated carbocycles. The molecule has 26 heavy (non-hydrogen) atoms. The fourth-order valence-electron chi connectivity index (χ4n) is 1.85. The summed E-state index contributed by atoms with van der Waals surface area (Å²) in [6.45, 7) is -0.245. The summed E-state index contributed by atoms with van der Waals surface area (Å²) in [6.07, 6.45) is 1.39.